The summed E-state index contributed by atoms with van der Waals surface area (Å²) in [4.78, 5) is 71.2. The van der Waals surface area contributed by atoms with E-state index in [0.29, 0.717) is 35.5 Å². The summed E-state index contributed by atoms with van der Waals surface area (Å²) < 4.78 is 35.2. The molecule has 0 bridgehead atoms. The van der Waals surface area contributed by atoms with Crippen molar-refractivity contribution in [3.8, 4) is 5.75 Å². The van der Waals surface area contributed by atoms with E-state index in [0.717, 1.165) is 87.3 Å². The van der Waals surface area contributed by atoms with Gasteiger partial charge in [-0.2, -0.15) is 13.9 Å². The van der Waals surface area contributed by atoms with Crippen LogP contribution in [0.2, 0.25) is 0 Å². The van der Waals surface area contributed by atoms with E-state index >= 15 is 0 Å². The number of aromatic nitrogens is 3. The fourth-order valence-electron chi connectivity index (χ4n) is 9.01. The highest BCUT2D eigenvalue weighted by Crippen LogP contribution is 2.37. The van der Waals surface area contributed by atoms with Crippen molar-refractivity contribution in [1.29, 1.82) is 0 Å². The molecule has 0 spiro atoms. The van der Waals surface area contributed by atoms with Gasteiger partial charge in [-0.25, -0.2) is 4.98 Å². The van der Waals surface area contributed by atoms with E-state index in [1.807, 2.05) is 10.9 Å². The van der Waals surface area contributed by atoms with Gasteiger partial charge in [0, 0.05) is 49.8 Å². The van der Waals surface area contributed by atoms with Gasteiger partial charge in [0.15, 0.2) is 0 Å². The first kappa shape index (κ1) is 40.0. The number of hydrogen-bond acceptors (Lipinski definition) is 10. The first-order valence-corrected chi connectivity index (χ1v) is 20.4. The molecule has 4 aromatic rings. The number of carbonyl (C=O) groups excluding carboxylic acids is 5. The number of alkyl halides is 2. The monoisotopic (exact) mass is 810 g/mol. The summed E-state index contributed by atoms with van der Waals surface area (Å²) in [6, 6.07) is 11.9. The molecule has 1 aliphatic carbocycles. The first-order chi connectivity index (χ1) is 28.4. The number of pyridine rings is 1. The van der Waals surface area contributed by atoms with Gasteiger partial charge in [-0.15, -0.1) is 0 Å². The van der Waals surface area contributed by atoms with Crippen molar-refractivity contribution in [2.24, 2.45) is 11.8 Å². The number of imide groups is 2. The molecule has 5 amide bonds. The molecular weight excluding hydrogens is 763 g/mol. The van der Waals surface area contributed by atoms with E-state index in [1.54, 1.807) is 30.3 Å². The van der Waals surface area contributed by atoms with Gasteiger partial charge in [0.2, 0.25) is 11.8 Å². The van der Waals surface area contributed by atoms with Gasteiger partial charge in [0.1, 0.15) is 23.2 Å². The van der Waals surface area contributed by atoms with Crippen molar-refractivity contribution in [2.75, 3.05) is 43.9 Å². The molecule has 14 nitrogen and oxygen atoms in total. The molecule has 8 rings (SSSR count). The predicted octanol–water partition coefficient (Wildman–Crippen LogP) is 6.15. The van der Waals surface area contributed by atoms with Gasteiger partial charge < -0.3 is 20.3 Å². The number of amides is 5. The van der Waals surface area contributed by atoms with E-state index in [9.17, 15) is 32.8 Å². The summed E-state index contributed by atoms with van der Waals surface area (Å²) in [5.74, 6) is -4.26. The Morgan fingerprint density at radius 3 is 2.42 bits per heavy atom. The number of fused-ring (bicyclic) bond motifs is 2. The highest BCUT2D eigenvalue weighted by atomic mass is 19.3. The summed E-state index contributed by atoms with van der Waals surface area (Å²) in [6.07, 6.45) is 9.52. The lowest BCUT2D eigenvalue weighted by molar-refractivity contribution is -0.136. The second-order valence-electron chi connectivity index (χ2n) is 16.3. The van der Waals surface area contributed by atoms with Crippen molar-refractivity contribution < 1.29 is 37.5 Å². The summed E-state index contributed by atoms with van der Waals surface area (Å²) in [5.41, 5.74) is 1.69. The zero-order valence-corrected chi connectivity index (χ0v) is 33.1. The maximum Gasteiger partial charge on any atom is 0.287 e. The van der Waals surface area contributed by atoms with Crippen LogP contribution in [0.1, 0.15) is 108 Å². The van der Waals surface area contributed by atoms with Gasteiger partial charge in [0.05, 0.1) is 35.5 Å². The van der Waals surface area contributed by atoms with E-state index in [2.05, 4.69) is 25.8 Å². The third-order valence-corrected chi connectivity index (χ3v) is 12.3. The van der Waals surface area contributed by atoms with Crippen LogP contribution in [0.25, 0.3) is 10.9 Å². The number of piperidine rings is 2. The second kappa shape index (κ2) is 16.5. The van der Waals surface area contributed by atoms with Crippen LogP contribution >= 0.6 is 0 Å². The Morgan fingerprint density at radius 2 is 1.69 bits per heavy atom. The number of carbonyl (C=O) groups is 5. The Morgan fingerprint density at radius 1 is 0.932 bits per heavy atom. The molecule has 4 aliphatic rings. The Bertz CT molecular complexity index is 2290. The summed E-state index contributed by atoms with van der Waals surface area (Å²) in [6.45, 7) is 4.55. The molecule has 16 heteroatoms. The average Bonchev–Trinajstić information content (AvgIpc) is 3.75. The number of rotatable bonds is 12. The van der Waals surface area contributed by atoms with Crippen LogP contribution in [0.3, 0.4) is 0 Å². The van der Waals surface area contributed by atoms with Crippen molar-refractivity contribution in [3.05, 3.63) is 77.2 Å². The zero-order valence-electron chi connectivity index (χ0n) is 33.1. The third-order valence-electron chi connectivity index (χ3n) is 12.3. The standard InChI is InChI=1S/C43H48F2N8O6/c1-43(44,45)36-8-4-7-31(47-36)39(55)48-33-21-27-24-52(50-32(27)22-35(33)59-2)28-11-9-26(10-12-28)23-51-19-16-25(17-20-51)15-18-46-30-6-3-5-29-38(30)42(58)53(41(29)57)34-13-14-37(54)49-40(34)56/h3-8,21-22,24-26,28,34,46H,9-20,23H2,1-2H3,(H,48,55)(H,49,54,56). The largest absolute Gasteiger partial charge is 0.494 e. The Hall–Kier alpha value is -5.77. The molecule has 3 fully saturated rings. The van der Waals surface area contributed by atoms with E-state index < -0.39 is 47.2 Å². The summed E-state index contributed by atoms with van der Waals surface area (Å²) >= 11 is 0. The van der Waals surface area contributed by atoms with Crippen LogP contribution in [-0.2, 0) is 15.5 Å². The zero-order chi connectivity index (χ0) is 41.4. The minimum absolute atomic E-state index is 0.0797. The Balaban J connectivity index is 0.793. The normalized spacial score (nSPS) is 21.8. The van der Waals surface area contributed by atoms with Crippen LogP contribution in [0.5, 0.6) is 5.75 Å². The van der Waals surface area contributed by atoms with Crippen LogP contribution < -0.4 is 20.7 Å². The van der Waals surface area contributed by atoms with Crippen molar-refractivity contribution >= 4 is 51.8 Å². The third kappa shape index (κ3) is 8.40. The van der Waals surface area contributed by atoms with Crippen LogP contribution in [0, 0.1) is 11.8 Å². The highest BCUT2D eigenvalue weighted by Gasteiger charge is 2.45. The molecule has 0 radical (unpaired) electrons. The molecular formula is C43H48F2N8O6. The number of benzene rings is 2. The van der Waals surface area contributed by atoms with Crippen molar-refractivity contribution in [1.82, 2.24) is 29.9 Å². The summed E-state index contributed by atoms with van der Waals surface area (Å²) in [5, 5.41) is 14.1. The summed E-state index contributed by atoms with van der Waals surface area (Å²) in [7, 11) is 1.50. The molecule has 1 saturated carbocycles. The Kier molecular flexibility index (Phi) is 11.2. The maximum atomic E-state index is 13.8. The van der Waals surface area contributed by atoms with Gasteiger partial charge >= 0.3 is 0 Å². The van der Waals surface area contributed by atoms with Gasteiger partial charge in [-0.1, -0.05) is 12.1 Å². The van der Waals surface area contributed by atoms with E-state index in [4.69, 9.17) is 9.84 Å². The highest BCUT2D eigenvalue weighted by molar-refractivity contribution is 6.25. The smallest absolute Gasteiger partial charge is 0.287 e. The molecule has 2 aromatic heterocycles. The predicted molar refractivity (Wildman–Crippen MR) is 214 cm³/mol. The number of halogens is 2. The van der Waals surface area contributed by atoms with Crippen molar-refractivity contribution in [2.45, 2.75) is 82.7 Å². The lowest BCUT2D eigenvalue weighted by atomic mass is 9.85. The molecule has 310 valence electrons. The minimum Gasteiger partial charge on any atom is -0.494 e. The number of methoxy groups -OCH3 is 1. The number of nitrogens with one attached hydrogen (secondary N) is 3. The van der Waals surface area contributed by atoms with Crippen LogP contribution in [0.15, 0.2) is 54.7 Å². The molecule has 5 heterocycles. The SMILES string of the molecule is COc1cc2nn(C3CCC(CN4CCC(CCNc5cccc6c5C(=O)N(C5CCC(=O)NC5=O)C6=O)CC4)CC3)cc2cc1NC(=O)c1cccc(C(C)(F)F)n1. The maximum absolute atomic E-state index is 13.8. The Labute approximate surface area is 340 Å². The molecule has 3 N–H and O–H groups in total. The quantitative estimate of drug-likeness (QED) is 0.141. The van der Waals surface area contributed by atoms with Crippen LogP contribution in [0.4, 0.5) is 20.2 Å². The molecule has 1 atom stereocenters. The van der Waals surface area contributed by atoms with E-state index in [-0.39, 0.29) is 35.7 Å². The second-order valence-corrected chi connectivity index (χ2v) is 16.3. The minimum atomic E-state index is -3.17. The molecule has 3 aliphatic heterocycles. The van der Waals surface area contributed by atoms with Crippen molar-refractivity contribution in [3.63, 3.8) is 0 Å². The van der Waals surface area contributed by atoms with Crippen LogP contribution in [-0.4, -0.2) is 93.4 Å². The number of ether oxygens (including phenoxy) is 1. The molecule has 2 aromatic carbocycles. The number of likely N-dealkylation sites (tertiary alicyclic amines) is 1. The van der Waals surface area contributed by atoms with Gasteiger partial charge in [-0.05, 0) is 107 Å². The fraction of sp³-hybridized carbons (Fsp3) is 0.465. The molecule has 59 heavy (non-hydrogen) atoms. The number of nitrogens with zero attached hydrogens (tertiary/aromatic N) is 5. The lowest BCUT2D eigenvalue weighted by Gasteiger charge is -2.36. The topological polar surface area (TPSA) is 168 Å². The first-order valence-electron chi connectivity index (χ1n) is 20.4. The number of hydrogen-bond donors (Lipinski definition) is 3. The van der Waals surface area contributed by atoms with E-state index in [1.165, 1.54) is 25.3 Å². The molecule has 2 saturated heterocycles. The number of anilines is 2. The van der Waals surface area contributed by atoms with Gasteiger partial charge in [-0.3, -0.25) is 38.9 Å². The fourth-order valence-corrected chi connectivity index (χ4v) is 9.01. The lowest BCUT2D eigenvalue weighted by Crippen LogP contribution is -2.54. The molecule has 1 unspecified atom stereocenters. The average molecular weight is 811 g/mol. The van der Waals surface area contributed by atoms with Gasteiger partial charge in [0.25, 0.3) is 23.6 Å².